The van der Waals surface area contributed by atoms with Crippen LogP contribution in [0.1, 0.15) is 5.56 Å². The lowest BCUT2D eigenvalue weighted by atomic mass is 10.2. The van der Waals surface area contributed by atoms with E-state index in [4.69, 9.17) is 14.2 Å². The van der Waals surface area contributed by atoms with Crippen molar-refractivity contribution in [3.8, 4) is 17.2 Å². The van der Waals surface area contributed by atoms with Crippen molar-refractivity contribution >= 4 is 38.7 Å². The average molecular weight is 354 g/mol. The van der Waals surface area contributed by atoms with E-state index in [0.29, 0.717) is 22.4 Å². The van der Waals surface area contributed by atoms with E-state index in [1.165, 1.54) is 17.4 Å². The number of thiazole rings is 1. The van der Waals surface area contributed by atoms with Crippen LogP contribution in [-0.2, 0) is 4.79 Å². The van der Waals surface area contributed by atoms with Gasteiger partial charge in [0.05, 0.1) is 11.8 Å². The van der Waals surface area contributed by atoms with Crippen LogP contribution in [-0.4, -0.2) is 24.8 Å². The minimum absolute atomic E-state index is 0.226. The molecule has 126 valence electrons. The van der Waals surface area contributed by atoms with Crippen molar-refractivity contribution in [1.29, 1.82) is 0 Å². The Hall–Kier alpha value is -3.06. The summed E-state index contributed by atoms with van der Waals surface area (Å²) < 4.78 is 16.8. The van der Waals surface area contributed by atoms with Gasteiger partial charge in [-0.05, 0) is 35.9 Å². The lowest BCUT2D eigenvalue weighted by molar-refractivity contribution is -0.111. The zero-order valence-corrected chi connectivity index (χ0v) is 14.1. The number of fused-ring (bicyclic) bond motifs is 2. The van der Waals surface area contributed by atoms with Crippen molar-refractivity contribution in [2.24, 2.45) is 0 Å². The molecule has 0 saturated heterocycles. The number of carbonyl (C=O) groups excluding carboxylic acids is 1. The lowest BCUT2D eigenvalue weighted by Gasteiger charge is -1.99. The van der Waals surface area contributed by atoms with Gasteiger partial charge in [-0.1, -0.05) is 23.5 Å². The minimum Gasteiger partial charge on any atom is -0.494 e. The van der Waals surface area contributed by atoms with Gasteiger partial charge in [-0.25, -0.2) is 4.98 Å². The van der Waals surface area contributed by atoms with Gasteiger partial charge in [0, 0.05) is 6.08 Å². The van der Waals surface area contributed by atoms with Crippen LogP contribution in [0.4, 0.5) is 5.13 Å². The third kappa shape index (κ3) is 3.14. The first-order valence-corrected chi connectivity index (χ1v) is 8.37. The number of benzene rings is 2. The Kier molecular flexibility index (Phi) is 3.99. The maximum atomic E-state index is 12.1. The molecule has 1 aromatic heterocycles. The lowest BCUT2D eigenvalue weighted by Crippen LogP contribution is -2.07. The highest BCUT2D eigenvalue weighted by Crippen LogP contribution is 2.33. The van der Waals surface area contributed by atoms with E-state index in [1.54, 1.807) is 13.2 Å². The number of methoxy groups -OCH3 is 1. The molecule has 3 aromatic rings. The molecule has 6 nitrogen and oxygen atoms in total. The van der Waals surface area contributed by atoms with E-state index >= 15 is 0 Å². The summed E-state index contributed by atoms with van der Waals surface area (Å²) in [4.78, 5) is 16.5. The second kappa shape index (κ2) is 6.45. The Morgan fingerprint density at radius 3 is 3.04 bits per heavy atom. The van der Waals surface area contributed by atoms with E-state index < -0.39 is 0 Å². The Morgan fingerprint density at radius 1 is 1.28 bits per heavy atom. The first-order valence-electron chi connectivity index (χ1n) is 7.55. The third-order valence-corrected chi connectivity index (χ3v) is 4.59. The number of ether oxygens (including phenoxy) is 3. The number of hydrogen-bond acceptors (Lipinski definition) is 6. The van der Waals surface area contributed by atoms with Gasteiger partial charge in [0.15, 0.2) is 16.6 Å². The molecule has 0 fully saturated rings. The molecule has 0 spiro atoms. The van der Waals surface area contributed by atoms with Gasteiger partial charge in [0.2, 0.25) is 12.7 Å². The molecule has 0 unspecified atom stereocenters. The molecule has 0 saturated carbocycles. The number of carbonyl (C=O) groups is 1. The highest BCUT2D eigenvalue weighted by molar-refractivity contribution is 7.22. The van der Waals surface area contributed by atoms with Crippen molar-refractivity contribution in [3.63, 3.8) is 0 Å². The largest absolute Gasteiger partial charge is 0.494 e. The van der Waals surface area contributed by atoms with Gasteiger partial charge < -0.3 is 14.2 Å². The van der Waals surface area contributed by atoms with Crippen LogP contribution >= 0.6 is 11.3 Å². The van der Waals surface area contributed by atoms with Crippen LogP contribution in [0, 0.1) is 0 Å². The fourth-order valence-corrected chi connectivity index (χ4v) is 3.36. The Balaban J connectivity index is 1.48. The van der Waals surface area contributed by atoms with Crippen LogP contribution in [0.5, 0.6) is 17.2 Å². The van der Waals surface area contributed by atoms with Crippen molar-refractivity contribution in [2.45, 2.75) is 0 Å². The normalized spacial score (nSPS) is 12.7. The molecular weight excluding hydrogens is 340 g/mol. The predicted molar refractivity (Wildman–Crippen MR) is 96.4 cm³/mol. The van der Waals surface area contributed by atoms with Gasteiger partial charge >= 0.3 is 0 Å². The summed E-state index contributed by atoms with van der Waals surface area (Å²) >= 11 is 1.40. The third-order valence-electron chi connectivity index (χ3n) is 3.66. The zero-order valence-electron chi connectivity index (χ0n) is 13.3. The summed E-state index contributed by atoms with van der Waals surface area (Å²) in [6.45, 7) is 0.226. The molecule has 0 radical (unpaired) electrons. The monoisotopic (exact) mass is 354 g/mol. The van der Waals surface area contributed by atoms with E-state index in [-0.39, 0.29) is 12.7 Å². The van der Waals surface area contributed by atoms with Crippen molar-refractivity contribution in [2.75, 3.05) is 19.2 Å². The summed E-state index contributed by atoms with van der Waals surface area (Å²) in [7, 11) is 1.60. The first kappa shape index (κ1) is 15.5. The van der Waals surface area contributed by atoms with Crippen LogP contribution < -0.4 is 19.5 Å². The second-order valence-electron chi connectivity index (χ2n) is 5.26. The molecule has 1 amide bonds. The molecule has 4 rings (SSSR count). The number of para-hydroxylation sites is 1. The number of amides is 1. The van der Waals surface area contributed by atoms with Gasteiger partial charge in [-0.15, -0.1) is 0 Å². The fourth-order valence-electron chi connectivity index (χ4n) is 2.48. The number of aromatic nitrogens is 1. The number of nitrogens with zero attached hydrogens (tertiary/aromatic N) is 1. The van der Waals surface area contributed by atoms with E-state index in [1.807, 2.05) is 36.4 Å². The summed E-state index contributed by atoms with van der Waals surface area (Å²) in [5.41, 5.74) is 1.59. The summed E-state index contributed by atoms with van der Waals surface area (Å²) in [6.07, 6.45) is 3.17. The van der Waals surface area contributed by atoms with Gasteiger partial charge in [0.1, 0.15) is 11.3 Å². The van der Waals surface area contributed by atoms with Gasteiger partial charge in [-0.3, -0.25) is 10.1 Å². The highest BCUT2D eigenvalue weighted by Gasteiger charge is 2.13. The number of rotatable bonds is 4. The Morgan fingerprint density at radius 2 is 2.16 bits per heavy atom. The first-order chi connectivity index (χ1) is 12.2. The molecule has 1 aliphatic rings. The highest BCUT2D eigenvalue weighted by atomic mass is 32.1. The molecule has 1 aliphatic heterocycles. The summed E-state index contributed by atoms with van der Waals surface area (Å²) in [6, 6.07) is 11.2. The van der Waals surface area contributed by atoms with Gasteiger partial charge in [0.25, 0.3) is 0 Å². The smallest absolute Gasteiger partial charge is 0.250 e. The molecular formula is C18H14N2O4S. The summed E-state index contributed by atoms with van der Waals surface area (Å²) in [5, 5.41) is 3.30. The van der Waals surface area contributed by atoms with Crippen molar-refractivity contribution in [3.05, 3.63) is 48.0 Å². The zero-order chi connectivity index (χ0) is 17.2. The van der Waals surface area contributed by atoms with E-state index in [2.05, 4.69) is 10.3 Å². The number of nitrogens with one attached hydrogen (secondary N) is 1. The maximum Gasteiger partial charge on any atom is 0.250 e. The SMILES string of the molecule is COc1cccc2sc(NC(=O)/C=C/c3ccc4c(c3)OCO4)nc12. The van der Waals surface area contributed by atoms with Crippen LogP contribution in [0.15, 0.2) is 42.5 Å². The average Bonchev–Trinajstić information content (AvgIpc) is 3.25. The molecule has 0 bridgehead atoms. The predicted octanol–water partition coefficient (Wildman–Crippen LogP) is 3.69. The standard InChI is InChI=1S/C18H14N2O4S/c1-22-13-3-2-4-15-17(13)20-18(25-15)19-16(21)8-6-11-5-7-12-14(9-11)24-10-23-12/h2-9H,10H2,1H3,(H,19,20,21)/b8-6+. The molecule has 0 aliphatic carbocycles. The molecule has 25 heavy (non-hydrogen) atoms. The maximum absolute atomic E-state index is 12.1. The quantitative estimate of drug-likeness (QED) is 0.724. The molecule has 2 aromatic carbocycles. The van der Waals surface area contributed by atoms with Crippen LogP contribution in [0.3, 0.4) is 0 Å². The van der Waals surface area contributed by atoms with E-state index in [9.17, 15) is 4.79 Å². The Bertz CT molecular complexity index is 980. The number of hydrogen-bond donors (Lipinski definition) is 1. The van der Waals surface area contributed by atoms with Crippen LogP contribution in [0.2, 0.25) is 0 Å². The fraction of sp³-hybridized carbons (Fsp3) is 0.111. The summed E-state index contributed by atoms with van der Waals surface area (Å²) in [5.74, 6) is 1.83. The molecule has 0 atom stereocenters. The van der Waals surface area contributed by atoms with Crippen molar-refractivity contribution < 1.29 is 19.0 Å². The Labute approximate surface area is 147 Å². The molecule has 2 heterocycles. The number of anilines is 1. The van der Waals surface area contributed by atoms with Gasteiger partial charge in [-0.2, -0.15) is 0 Å². The minimum atomic E-state index is -0.254. The molecule has 7 heteroatoms. The van der Waals surface area contributed by atoms with Crippen LogP contribution in [0.25, 0.3) is 16.3 Å². The second-order valence-corrected chi connectivity index (χ2v) is 6.29. The van der Waals surface area contributed by atoms with Crippen molar-refractivity contribution in [1.82, 2.24) is 4.98 Å². The topological polar surface area (TPSA) is 69.7 Å². The van der Waals surface area contributed by atoms with E-state index in [0.717, 1.165) is 15.8 Å². The molecule has 1 N–H and O–H groups in total.